The Morgan fingerprint density at radius 3 is 2.60 bits per heavy atom. The minimum atomic E-state index is -0.693. The van der Waals surface area contributed by atoms with Gasteiger partial charge in [-0.1, -0.05) is 6.08 Å². The Hall–Kier alpha value is -4.07. The molecule has 0 bridgehead atoms. The van der Waals surface area contributed by atoms with Crippen LogP contribution in [0.2, 0.25) is 0 Å². The molecule has 0 unspecified atom stereocenters. The first kappa shape index (κ1) is 19.3. The van der Waals surface area contributed by atoms with Gasteiger partial charge in [0.05, 0.1) is 22.9 Å². The van der Waals surface area contributed by atoms with Crippen molar-refractivity contribution in [2.45, 2.75) is 6.61 Å². The van der Waals surface area contributed by atoms with Crippen molar-refractivity contribution in [3.8, 4) is 11.3 Å². The lowest BCUT2D eigenvalue weighted by atomic mass is 10.1. The van der Waals surface area contributed by atoms with E-state index in [1.165, 1.54) is 42.6 Å². The molecule has 1 aromatic heterocycles. The van der Waals surface area contributed by atoms with Gasteiger partial charge in [-0.15, -0.1) is 6.58 Å². The molecular weight excluding hydrogens is 391 g/mol. The monoisotopic (exact) mass is 406 g/mol. The number of benzene rings is 2. The molecule has 2 heterocycles. The molecule has 0 aliphatic carbocycles. The summed E-state index contributed by atoms with van der Waals surface area (Å²) in [6, 6.07) is 9.87. The molecule has 1 aliphatic heterocycles. The molecule has 4 rings (SSSR count). The number of hydrogen-bond donors (Lipinski definition) is 0. The lowest BCUT2D eigenvalue weighted by Gasteiger charge is -2.09. The second-order valence-corrected chi connectivity index (χ2v) is 6.47. The zero-order valence-corrected chi connectivity index (χ0v) is 15.6. The number of esters is 1. The topological polar surface area (TPSA) is 89.7 Å². The number of imide groups is 1. The number of ether oxygens (including phenoxy) is 1. The Kier molecular flexibility index (Phi) is 4.97. The quantitative estimate of drug-likeness (QED) is 0.353. The van der Waals surface area contributed by atoms with Crippen LogP contribution in [0.15, 0.2) is 65.7 Å². The van der Waals surface area contributed by atoms with E-state index in [1.807, 2.05) is 0 Å². The molecule has 0 atom stereocenters. The highest BCUT2D eigenvalue weighted by Crippen LogP contribution is 2.25. The maximum atomic E-state index is 13.0. The molecule has 0 radical (unpaired) electrons. The number of aromatic nitrogens is 1. The molecule has 2 amide bonds. The number of hydrogen-bond acceptors (Lipinski definition) is 6. The number of oxazole rings is 1. The van der Waals surface area contributed by atoms with Gasteiger partial charge in [0, 0.05) is 12.1 Å². The summed E-state index contributed by atoms with van der Waals surface area (Å²) in [5.74, 6) is -1.40. The normalized spacial score (nSPS) is 12.8. The fraction of sp³-hybridized carbons (Fsp3) is 0.0909. The first-order valence-corrected chi connectivity index (χ1v) is 8.97. The van der Waals surface area contributed by atoms with Crippen molar-refractivity contribution in [3.63, 3.8) is 0 Å². The lowest BCUT2D eigenvalue weighted by Crippen LogP contribution is -2.29. The van der Waals surface area contributed by atoms with Crippen LogP contribution in [0.3, 0.4) is 0 Å². The van der Waals surface area contributed by atoms with E-state index < -0.39 is 17.8 Å². The first-order valence-electron chi connectivity index (χ1n) is 8.97. The van der Waals surface area contributed by atoms with Gasteiger partial charge in [0.1, 0.15) is 5.82 Å². The standard InChI is InChI=1S/C22H15FN2O5/c1-2-9-25-20(26)16-8-5-14(10-17(16)21(25)27)22(28)29-12-19-24-11-18(30-19)13-3-6-15(23)7-4-13/h2-8,10-11H,1,9,12H2. The van der Waals surface area contributed by atoms with Crippen molar-refractivity contribution in [1.82, 2.24) is 9.88 Å². The largest absolute Gasteiger partial charge is 0.452 e. The summed E-state index contributed by atoms with van der Waals surface area (Å²) in [5, 5.41) is 0. The van der Waals surface area contributed by atoms with Crippen molar-refractivity contribution in [2.75, 3.05) is 6.54 Å². The minimum absolute atomic E-state index is 0.0900. The van der Waals surface area contributed by atoms with E-state index in [0.29, 0.717) is 11.3 Å². The van der Waals surface area contributed by atoms with E-state index in [1.54, 1.807) is 12.1 Å². The van der Waals surface area contributed by atoms with Crippen LogP contribution in [-0.4, -0.2) is 34.2 Å². The molecule has 0 N–H and O–H groups in total. The van der Waals surface area contributed by atoms with Crippen molar-refractivity contribution in [1.29, 1.82) is 0 Å². The van der Waals surface area contributed by atoms with Crippen LogP contribution in [-0.2, 0) is 11.3 Å². The molecule has 7 nitrogen and oxygen atoms in total. The van der Waals surface area contributed by atoms with E-state index in [9.17, 15) is 18.8 Å². The Balaban J connectivity index is 1.45. The fourth-order valence-electron chi connectivity index (χ4n) is 3.05. The zero-order chi connectivity index (χ0) is 21.3. The third kappa shape index (κ3) is 3.50. The maximum Gasteiger partial charge on any atom is 0.338 e. The average Bonchev–Trinajstić information content (AvgIpc) is 3.32. The summed E-state index contributed by atoms with van der Waals surface area (Å²) >= 11 is 0. The van der Waals surface area contributed by atoms with Crippen LogP contribution >= 0.6 is 0 Å². The van der Waals surface area contributed by atoms with Crippen molar-refractivity contribution >= 4 is 17.8 Å². The van der Waals surface area contributed by atoms with Crippen LogP contribution in [0.1, 0.15) is 37.0 Å². The summed E-state index contributed by atoms with van der Waals surface area (Å²) < 4.78 is 23.7. The van der Waals surface area contributed by atoms with Crippen LogP contribution in [0.5, 0.6) is 0 Å². The molecule has 0 saturated carbocycles. The van der Waals surface area contributed by atoms with Gasteiger partial charge in [-0.2, -0.15) is 0 Å². The van der Waals surface area contributed by atoms with Gasteiger partial charge >= 0.3 is 5.97 Å². The molecule has 0 saturated heterocycles. The average molecular weight is 406 g/mol. The molecule has 2 aromatic carbocycles. The van der Waals surface area contributed by atoms with Crippen molar-refractivity contribution in [2.24, 2.45) is 0 Å². The third-order valence-electron chi connectivity index (χ3n) is 4.53. The smallest absolute Gasteiger partial charge is 0.338 e. The molecule has 1 aliphatic rings. The predicted octanol–water partition coefficient (Wildman–Crippen LogP) is 3.62. The second-order valence-electron chi connectivity index (χ2n) is 6.47. The lowest BCUT2D eigenvalue weighted by molar-refractivity contribution is 0.0438. The van der Waals surface area contributed by atoms with E-state index in [4.69, 9.17) is 9.15 Å². The molecule has 150 valence electrons. The van der Waals surface area contributed by atoms with Crippen molar-refractivity contribution < 1.29 is 27.9 Å². The van der Waals surface area contributed by atoms with E-state index in [2.05, 4.69) is 11.6 Å². The Labute approximate surface area is 170 Å². The zero-order valence-electron chi connectivity index (χ0n) is 15.6. The van der Waals surface area contributed by atoms with Gasteiger partial charge in [0.15, 0.2) is 12.4 Å². The van der Waals surface area contributed by atoms with Crippen LogP contribution in [0.4, 0.5) is 4.39 Å². The Bertz CT molecular complexity index is 1170. The maximum absolute atomic E-state index is 13.0. The van der Waals surface area contributed by atoms with Gasteiger partial charge in [-0.25, -0.2) is 14.2 Å². The van der Waals surface area contributed by atoms with E-state index in [-0.39, 0.29) is 41.5 Å². The highest BCUT2D eigenvalue weighted by Gasteiger charge is 2.35. The van der Waals surface area contributed by atoms with Gasteiger partial charge < -0.3 is 9.15 Å². The molecule has 0 spiro atoms. The highest BCUT2D eigenvalue weighted by molar-refractivity contribution is 6.22. The van der Waals surface area contributed by atoms with E-state index in [0.717, 1.165) is 4.90 Å². The SMILES string of the molecule is C=CCN1C(=O)c2ccc(C(=O)OCc3ncc(-c4ccc(F)cc4)o3)cc2C1=O. The summed E-state index contributed by atoms with van der Waals surface area (Å²) in [4.78, 5) is 42.1. The number of carbonyl (C=O) groups is 3. The first-order chi connectivity index (χ1) is 14.5. The van der Waals surface area contributed by atoms with Gasteiger partial charge in [-0.3, -0.25) is 14.5 Å². The predicted molar refractivity (Wildman–Crippen MR) is 103 cm³/mol. The molecular formula is C22H15FN2O5. The number of amides is 2. The van der Waals surface area contributed by atoms with Crippen LogP contribution in [0.25, 0.3) is 11.3 Å². The number of fused-ring (bicyclic) bond motifs is 1. The number of rotatable bonds is 6. The molecule has 0 fully saturated rings. The third-order valence-corrected chi connectivity index (χ3v) is 4.53. The Morgan fingerprint density at radius 1 is 1.13 bits per heavy atom. The fourth-order valence-corrected chi connectivity index (χ4v) is 3.05. The molecule has 8 heteroatoms. The summed E-state index contributed by atoms with van der Waals surface area (Å²) in [5.41, 5.74) is 1.13. The number of nitrogens with zero attached hydrogens (tertiary/aromatic N) is 2. The summed E-state index contributed by atoms with van der Waals surface area (Å²) in [6.45, 7) is 3.39. The van der Waals surface area contributed by atoms with Crippen molar-refractivity contribution in [3.05, 3.63) is 89.7 Å². The second kappa shape index (κ2) is 7.75. The van der Waals surface area contributed by atoms with Crippen LogP contribution < -0.4 is 0 Å². The molecule has 30 heavy (non-hydrogen) atoms. The van der Waals surface area contributed by atoms with Gasteiger partial charge in [-0.05, 0) is 42.5 Å². The van der Waals surface area contributed by atoms with Gasteiger partial charge in [0.2, 0.25) is 5.89 Å². The number of halogens is 1. The summed E-state index contributed by atoms with van der Waals surface area (Å²) in [6.07, 6.45) is 2.90. The number of carbonyl (C=O) groups excluding carboxylic acids is 3. The summed E-state index contributed by atoms with van der Waals surface area (Å²) in [7, 11) is 0. The Morgan fingerprint density at radius 2 is 1.87 bits per heavy atom. The molecule has 3 aromatic rings. The van der Waals surface area contributed by atoms with Crippen LogP contribution in [0, 0.1) is 5.82 Å². The highest BCUT2D eigenvalue weighted by atomic mass is 19.1. The van der Waals surface area contributed by atoms with E-state index >= 15 is 0 Å². The minimum Gasteiger partial charge on any atom is -0.452 e. The van der Waals surface area contributed by atoms with Gasteiger partial charge in [0.25, 0.3) is 11.8 Å².